The number of anilines is 1. The number of halogens is 1. The first-order chi connectivity index (χ1) is 14.4. The quantitative estimate of drug-likeness (QED) is 0.492. The van der Waals surface area contributed by atoms with Gasteiger partial charge in [0.25, 0.3) is 11.5 Å². The van der Waals surface area contributed by atoms with Crippen LogP contribution in [0.2, 0.25) is 5.02 Å². The van der Waals surface area contributed by atoms with Gasteiger partial charge in [-0.05, 0) is 37.6 Å². The number of aryl methyl sites for hydroxylation is 1. The van der Waals surface area contributed by atoms with Crippen LogP contribution in [0.4, 0.5) is 5.69 Å². The Morgan fingerprint density at radius 2 is 2.00 bits per heavy atom. The molecule has 0 saturated heterocycles. The summed E-state index contributed by atoms with van der Waals surface area (Å²) in [7, 11) is 0. The van der Waals surface area contributed by atoms with E-state index in [-0.39, 0.29) is 11.5 Å². The summed E-state index contributed by atoms with van der Waals surface area (Å²) in [4.78, 5) is 29.5. The van der Waals surface area contributed by atoms with Gasteiger partial charge < -0.3 is 9.88 Å². The van der Waals surface area contributed by atoms with Crippen LogP contribution in [0.1, 0.15) is 27.3 Å². The Hall–Kier alpha value is -3.16. The van der Waals surface area contributed by atoms with Gasteiger partial charge in [-0.1, -0.05) is 29.8 Å². The highest BCUT2D eigenvalue weighted by atomic mass is 35.5. The monoisotopic (exact) mass is 438 g/mol. The SMILES string of the molecule is Cc1cc(C(=O)Nc2ccc(=O)n(Cc3ccccc3Cl)c2)c(C)n1-c1nccs1. The maximum absolute atomic E-state index is 12.9. The predicted molar refractivity (Wildman–Crippen MR) is 120 cm³/mol. The molecule has 3 heterocycles. The second kappa shape index (κ2) is 8.30. The molecular weight excluding hydrogens is 420 g/mol. The Kier molecular flexibility index (Phi) is 5.57. The lowest BCUT2D eigenvalue weighted by Gasteiger charge is -2.11. The molecule has 0 unspecified atom stereocenters. The molecule has 0 spiro atoms. The van der Waals surface area contributed by atoms with E-state index in [9.17, 15) is 9.59 Å². The van der Waals surface area contributed by atoms with Crippen molar-refractivity contribution < 1.29 is 4.79 Å². The summed E-state index contributed by atoms with van der Waals surface area (Å²) < 4.78 is 3.48. The molecule has 0 aliphatic carbocycles. The summed E-state index contributed by atoms with van der Waals surface area (Å²) in [6.45, 7) is 4.15. The van der Waals surface area contributed by atoms with Crippen molar-refractivity contribution in [2.45, 2.75) is 20.4 Å². The van der Waals surface area contributed by atoms with Gasteiger partial charge in [0.05, 0.1) is 17.8 Å². The summed E-state index contributed by atoms with van der Waals surface area (Å²) >= 11 is 7.73. The standard InChI is InChI=1S/C22H19ClN4O2S/c1-14-11-18(15(2)27(14)22-24-9-10-30-22)21(29)25-17-7-8-20(28)26(13-17)12-16-5-3-4-6-19(16)23/h3-11,13H,12H2,1-2H3,(H,25,29). The van der Waals surface area contributed by atoms with Crippen LogP contribution in [0.25, 0.3) is 5.13 Å². The summed E-state index contributed by atoms with van der Waals surface area (Å²) in [5.74, 6) is -0.242. The number of pyridine rings is 1. The minimum atomic E-state index is -0.242. The summed E-state index contributed by atoms with van der Waals surface area (Å²) in [5.41, 5.74) is 3.49. The Bertz CT molecular complexity index is 1270. The number of benzene rings is 1. The van der Waals surface area contributed by atoms with Crippen molar-refractivity contribution in [3.63, 3.8) is 0 Å². The van der Waals surface area contributed by atoms with Gasteiger partial charge >= 0.3 is 0 Å². The third kappa shape index (κ3) is 3.94. The molecule has 0 aliphatic rings. The second-order valence-corrected chi connectivity index (χ2v) is 8.14. The largest absolute Gasteiger partial charge is 0.321 e. The third-order valence-electron chi connectivity index (χ3n) is 4.83. The van der Waals surface area contributed by atoms with Crippen LogP contribution in [-0.4, -0.2) is 20.0 Å². The Morgan fingerprint density at radius 3 is 2.73 bits per heavy atom. The highest BCUT2D eigenvalue weighted by Gasteiger charge is 2.18. The smallest absolute Gasteiger partial charge is 0.257 e. The van der Waals surface area contributed by atoms with Gasteiger partial charge in [-0.3, -0.25) is 14.2 Å². The van der Waals surface area contributed by atoms with E-state index in [2.05, 4.69) is 10.3 Å². The Balaban J connectivity index is 1.60. The van der Waals surface area contributed by atoms with Gasteiger partial charge in [0.2, 0.25) is 0 Å². The van der Waals surface area contributed by atoms with Crippen LogP contribution < -0.4 is 10.9 Å². The van der Waals surface area contributed by atoms with Gasteiger partial charge in [0.1, 0.15) is 0 Å². The fourth-order valence-electron chi connectivity index (χ4n) is 3.35. The lowest BCUT2D eigenvalue weighted by atomic mass is 10.2. The van der Waals surface area contributed by atoms with E-state index in [0.29, 0.717) is 22.8 Å². The van der Waals surface area contributed by atoms with Crippen LogP contribution in [0.3, 0.4) is 0 Å². The van der Waals surface area contributed by atoms with E-state index < -0.39 is 0 Å². The molecule has 0 radical (unpaired) electrons. The molecule has 6 nitrogen and oxygen atoms in total. The molecular formula is C22H19ClN4O2S. The number of aromatic nitrogens is 3. The minimum absolute atomic E-state index is 0.171. The number of thiazole rings is 1. The Morgan fingerprint density at radius 1 is 1.20 bits per heavy atom. The number of nitrogens with zero attached hydrogens (tertiary/aromatic N) is 3. The predicted octanol–water partition coefficient (Wildman–Crippen LogP) is 4.67. The van der Waals surface area contributed by atoms with Crippen molar-refractivity contribution in [2.75, 3.05) is 5.32 Å². The van der Waals surface area contributed by atoms with Crippen molar-refractivity contribution in [2.24, 2.45) is 0 Å². The van der Waals surface area contributed by atoms with Gasteiger partial charge in [-0.2, -0.15) is 0 Å². The third-order valence-corrected chi connectivity index (χ3v) is 5.95. The second-order valence-electron chi connectivity index (χ2n) is 6.86. The number of rotatable bonds is 5. The van der Waals surface area contributed by atoms with E-state index >= 15 is 0 Å². The number of nitrogens with one attached hydrogen (secondary N) is 1. The minimum Gasteiger partial charge on any atom is -0.321 e. The number of hydrogen-bond donors (Lipinski definition) is 1. The molecule has 3 aromatic heterocycles. The molecule has 8 heteroatoms. The maximum Gasteiger partial charge on any atom is 0.257 e. The van der Waals surface area contributed by atoms with Crippen molar-refractivity contribution in [1.82, 2.24) is 14.1 Å². The molecule has 0 atom stereocenters. The average Bonchev–Trinajstić information content (AvgIpc) is 3.33. The van der Waals surface area contributed by atoms with Gasteiger partial charge in [0.15, 0.2) is 5.13 Å². The zero-order valence-electron chi connectivity index (χ0n) is 16.4. The molecule has 0 fully saturated rings. The van der Waals surface area contributed by atoms with E-state index in [4.69, 9.17) is 11.6 Å². The number of carbonyl (C=O) groups is 1. The van der Waals surface area contributed by atoms with Crippen LogP contribution in [0, 0.1) is 13.8 Å². The van der Waals surface area contributed by atoms with E-state index in [1.165, 1.54) is 22.0 Å². The number of carbonyl (C=O) groups excluding carboxylic acids is 1. The zero-order chi connectivity index (χ0) is 21.3. The van der Waals surface area contributed by atoms with Crippen molar-refractivity contribution in [3.05, 3.63) is 98.1 Å². The van der Waals surface area contributed by atoms with E-state index in [1.54, 1.807) is 24.5 Å². The lowest BCUT2D eigenvalue weighted by Crippen LogP contribution is -2.21. The molecule has 0 aliphatic heterocycles. The highest BCUT2D eigenvalue weighted by Crippen LogP contribution is 2.23. The molecule has 4 aromatic rings. The average molecular weight is 439 g/mol. The van der Waals surface area contributed by atoms with E-state index in [1.807, 2.05) is 48.1 Å². The highest BCUT2D eigenvalue weighted by molar-refractivity contribution is 7.12. The van der Waals surface area contributed by atoms with Crippen LogP contribution in [-0.2, 0) is 6.54 Å². The summed E-state index contributed by atoms with van der Waals surface area (Å²) in [6, 6.07) is 12.2. The number of amides is 1. The molecule has 4 rings (SSSR count). The number of hydrogen-bond acceptors (Lipinski definition) is 4. The first-order valence-corrected chi connectivity index (χ1v) is 10.5. The van der Waals surface area contributed by atoms with E-state index in [0.717, 1.165) is 22.1 Å². The summed E-state index contributed by atoms with van der Waals surface area (Å²) in [5, 5.41) is 6.20. The molecule has 0 saturated carbocycles. The van der Waals surface area contributed by atoms with Crippen LogP contribution in [0.5, 0.6) is 0 Å². The van der Waals surface area contributed by atoms with Crippen LogP contribution >= 0.6 is 22.9 Å². The van der Waals surface area contributed by atoms with Gasteiger partial charge in [-0.15, -0.1) is 11.3 Å². The Labute approximate surface area is 182 Å². The van der Waals surface area contributed by atoms with Crippen LogP contribution in [0.15, 0.2) is 65.0 Å². The molecule has 1 amide bonds. The summed E-state index contributed by atoms with van der Waals surface area (Å²) in [6.07, 6.45) is 3.37. The maximum atomic E-state index is 12.9. The zero-order valence-corrected chi connectivity index (χ0v) is 18.0. The normalized spacial score (nSPS) is 10.9. The fourth-order valence-corrected chi connectivity index (χ4v) is 4.30. The van der Waals surface area contributed by atoms with Crippen molar-refractivity contribution >= 4 is 34.5 Å². The molecule has 0 bridgehead atoms. The molecule has 152 valence electrons. The lowest BCUT2D eigenvalue weighted by molar-refractivity contribution is 0.102. The molecule has 30 heavy (non-hydrogen) atoms. The van der Waals surface area contributed by atoms with Crippen molar-refractivity contribution in [1.29, 1.82) is 0 Å². The first kappa shape index (κ1) is 20.1. The molecule has 1 N–H and O–H groups in total. The topological polar surface area (TPSA) is 68.9 Å². The van der Waals surface area contributed by atoms with Crippen molar-refractivity contribution in [3.8, 4) is 5.13 Å². The first-order valence-electron chi connectivity index (χ1n) is 9.28. The van der Waals surface area contributed by atoms with Gasteiger partial charge in [0, 0.05) is 40.3 Å². The van der Waals surface area contributed by atoms with Gasteiger partial charge in [-0.25, -0.2) is 4.98 Å². The molecule has 1 aromatic carbocycles. The fraction of sp³-hybridized carbons (Fsp3) is 0.136.